The minimum Gasteiger partial charge on any atom is -0.369 e. The van der Waals surface area contributed by atoms with Gasteiger partial charge in [0.05, 0.1) is 17.2 Å². The predicted molar refractivity (Wildman–Crippen MR) is 87.7 cm³/mol. The molecule has 0 aliphatic heterocycles. The summed E-state index contributed by atoms with van der Waals surface area (Å²) in [6.45, 7) is 0. The third-order valence-corrected chi connectivity index (χ3v) is 4.38. The van der Waals surface area contributed by atoms with Crippen LogP contribution < -0.4 is 11.1 Å². The fraction of sp³-hybridized carbons (Fsp3) is 0.143. The molecule has 1 aromatic carbocycles. The molecule has 114 valence electrons. The fourth-order valence-electron chi connectivity index (χ4n) is 1.52. The second kappa shape index (κ2) is 8.40. The molecule has 0 unspecified atom stereocenters. The molecule has 2 aromatic rings. The number of carbonyl (C=O) groups is 2. The van der Waals surface area contributed by atoms with E-state index in [1.54, 1.807) is 24.5 Å². The van der Waals surface area contributed by atoms with E-state index in [0.29, 0.717) is 10.8 Å². The van der Waals surface area contributed by atoms with Crippen molar-refractivity contribution in [3.05, 3.63) is 42.7 Å². The van der Waals surface area contributed by atoms with Crippen LogP contribution in [-0.4, -0.2) is 33.3 Å². The summed E-state index contributed by atoms with van der Waals surface area (Å²) in [6.07, 6.45) is 3.26. The van der Waals surface area contributed by atoms with E-state index in [1.165, 1.54) is 23.5 Å². The zero-order valence-corrected chi connectivity index (χ0v) is 13.2. The smallest absolute Gasteiger partial charge is 0.234 e. The van der Waals surface area contributed by atoms with E-state index in [0.717, 1.165) is 4.90 Å². The molecular weight excluding hydrogens is 320 g/mol. The fourth-order valence-corrected chi connectivity index (χ4v) is 2.87. The topological polar surface area (TPSA) is 98.0 Å². The highest BCUT2D eigenvalue weighted by atomic mass is 32.2. The Morgan fingerprint density at radius 2 is 1.77 bits per heavy atom. The van der Waals surface area contributed by atoms with Gasteiger partial charge < -0.3 is 11.1 Å². The first-order chi connectivity index (χ1) is 10.6. The molecule has 0 aliphatic carbocycles. The molecule has 1 heterocycles. The third kappa shape index (κ3) is 5.38. The van der Waals surface area contributed by atoms with E-state index >= 15 is 0 Å². The number of primary amides is 1. The van der Waals surface area contributed by atoms with Crippen molar-refractivity contribution in [2.24, 2.45) is 5.73 Å². The Hall–Kier alpha value is -2.06. The highest BCUT2D eigenvalue weighted by Gasteiger charge is 2.09. The monoisotopic (exact) mass is 334 g/mol. The summed E-state index contributed by atoms with van der Waals surface area (Å²) < 4.78 is 0. The molecule has 6 nitrogen and oxygen atoms in total. The van der Waals surface area contributed by atoms with Crippen molar-refractivity contribution in [3.8, 4) is 0 Å². The molecule has 0 bridgehead atoms. The van der Waals surface area contributed by atoms with Crippen molar-refractivity contribution in [1.29, 1.82) is 0 Å². The first-order valence-electron chi connectivity index (χ1n) is 6.35. The van der Waals surface area contributed by atoms with E-state index in [9.17, 15) is 9.59 Å². The predicted octanol–water partition coefficient (Wildman–Crippen LogP) is 1.78. The van der Waals surface area contributed by atoms with Gasteiger partial charge in [-0.15, -0.1) is 11.8 Å². The third-order valence-electron chi connectivity index (χ3n) is 2.41. The van der Waals surface area contributed by atoms with Crippen molar-refractivity contribution >= 4 is 41.0 Å². The largest absolute Gasteiger partial charge is 0.369 e. The van der Waals surface area contributed by atoms with Gasteiger partial charge in [0.2, 0.25) is 11.8 Å². The maximum atomic E-state index is 12.0. The Bertz CT molecular complexity index is 652. The van der Waals surface area contributed by atoms with Crippen molar-refractivity contribution < 1.29 is 9.59 Å². The van der Waals surface area contributed by atoms with Gasteiger partial charge in [-0.2, -0.15) is 0 Å². The lowest BCUT2D eigenvalue weighted by atomic mass is 10.3. The van der Waals surface area contributed by atoms with Crippen LogP contribution in [0.5, 0.6) is 0 Å². The number of amides is 2. The van der Waals surface area contributed by atoms with E-state index in [2.05, 4.69) is 15.3 Å². The van der Waals surface area contributed by atoms with Gasteiger partial charge >= 0.3 is 0 Å². The number of carbonyl (C=O) groups excluding carboxylic acids is 2. The zero-order valence-electron chi connectivity index (χ0n) is 11.6. The maximum absolute atomic E-state index is 12.0. The van der Waals surface area contributed by atoms with Gasteiger partial charge in [-0.1, -0.05) is 23.9 Å². The van der Waals surface area contributed by atoms with E-state index in [4.69, 9.17) is 5.73 Å². The second-order valence-corrected chi connectivity index (χ2v) is 6.08. The number of nitrogens with zero attached hydrogens (tertiary/aromatic N) is 2. The van der Waals surface area contributed by atoms with E-state index in [1.807, 2.05) is 18.2 Å². The van der Waals surface area contributed by atoms with Crippen molar-refractivity contribution in [1.82, 2.24) is 9.97 Å². The Morgan fingerprint density at radius 1 is 1.05 bits per heavy atom. The number of para-hydroxylation sites is 1. The number of hydrogen-bond acceptors (Lipinski definition) is 6. The molecule has 1 aromatic heterocycles. The summed E-state index contributed by atoms with van der Waals surface area (Å²) >= 11 is 2.55. The van der Waals surface area contributed by atoms with Gasteiger partial charge in [0, 0.05) is 17.3 Å². The highest BCUT2D eigenvalue weighted by Crippen LogP contribution is 2.27. The summed E-state index contributed by atoms with van der Waals surface area (Å²) in [5.74, 6) is -0.189. The van der Waals surface area contributed by atoms with Crippen LogP contribution in [0.3, 0.4) is 0 Å². The van der Waals surface area contributed by atoms with Crippen LogP contribution in [0, 0.1) is 0 Å². The molecule has 0 radical (unpaired) electrons. The molecule has 0 fully saturated rings. The number of nitrogens with one attached hydrogen (secondary N) is 1. The van der Waals surface area contributed by atoms with Crippen LogP contribution >= 0.6 is 23.5 Å². The number of anilines is 1. The molecule has 22 heavy (non-hydrogen) atoms. The highest BCUT2D eigenvalue weighted by molar-refractivity contribution is 8.00. The van der Waals surface area contributed by atoms with Crippen molar-refractivity contribution in [3.63, 3.8) is 0 Å². The number of aromatic nitrogens is 2. The molecule has 0 saturated carbocycles. The first-order valence-corrected chi connectivity index (χ1v) is 8.32. The number of rotatable bonds is 7. The van der Waals surface area contributed by atoms with Crippen LogP contribution in [-0.2, 0) is 9.59 Å². The van der Waals surface area contributed by atoms with Crippen LogP contribution in [0.4, 0.5) is 5.69 Å². The minimum absolute atomic E-state index is 0.162. The van der Waals surface area contributed by atoms with Crippen LogP contribution in [0.15, 0.2) is 52.8 Å². The molecule has 0 spiro atoms. The Kier molecular flexibility index (Phi) is 6.23. The van der Waals surface area contributed by atoms with E-state index < -0.39 is 5.91 Å². The van der Waals surface area contributed by atoms with Gasteiger partial charge in [0.1, 0.15) is 0 Å². The lowest BCUT2D eigenvalue weighted by Crippen LogP contribution is -2.16. The van der Waals surface area contributed by atoms with E-state index in [-0.39, 0.29) is 17.4 Å². The summed E-state index contributed by atoms with van der Waals surface area (Å²) in [6, 6.07) is 8.99. The Morgan fingerprint density at radius 3 is 2.50 bits per heavy atom. The molecule has 0 saturated heterocycles. The summed E-state index contributed by atoms with van der Waals surface area (Å²) in [4.78, 5) is 31.7. The number of thioether (sulfide) groups is 2. The number of benzene rings is 1. The summed E-state index contributed by atoms with van der Waals surface area (Å²) in [5, 5.41) is 3.37. The van der Waals surface area contributed by atoms with Gasteiger partial charge in [-0.3, -0.25) is 9.59 Å². The van der Waals surface area contributed by atoms with Gasteiger partial charge in [0.15, 0.2) is 5.16 Å². The SMILES string of the molecule is NC(=O)CSc1ccccc1NC(=O)CSc1ncccn1. The molecule has 3 N–H and O–H groups in total. The lowest BCUT2D eigenvalue weighted by Gasteiger charge is -2.09. The quantitative estimate of drug-likeness (QED) is 0.592. The number of nitrogens with two attached hydrogens (primary N) is 1. The Labute approximate surface area is 136 Å². The van der Waals surface area contributed by atoms with Crippen LogP contribution in [0.25, 0.3) is 0 Å². The van der Waals surface area contributed by atoms with Crippen molar-refractivity contribution in [2.75, 3.05) is 16.8 Å². The molecule has 8 heteroatoms. The van der Waals surface area contributed by atoms with Crippen LogP contribution in [0.1, 0.15) is 0 Å². The average molecular weight is 334 g/mol. The average Bonchev–Trinajstić information content (AvgIpc) is 2.53. The lowest BCUT2D eigenvalue weighted by molar-refractivity contribution is -0.115. The first kappa shape index (κ1) is 16.3. The van der Waals surface area contributed by atoms with Gasteiger partial charge in [-0.25, -0.2) is 9.97 Å². The maximum Gasteiger partial charge on any atom is 0.234 e. The molecule has 2 amide bonds. The number of hydrogen-bond donors (Lipinski definition) is 2. The molecule has 2 rings (SSSR count). The summed E-state index contributed by atoms with van der Waals surface area (Å²) in [7, 11) is 0. The van der Waals surface area contributed by atoms with Gasteiger partial charge in [0.25, 0.3) is 0 Å². The minimum atomic E-state index is -0.400. The standard InChI is InChI=1S/C14H14N4O2S2/c15-12(19)8-21-11-5-2-1-4-10(11)18-13(20)9-22-14-16-6-3-7-17-14/h1-7H,8-9H2,(H2,15,19)(H,18,20). The Balaban J connectivity index is 1.92. The molecule has 0 aliphatic rings. The molecular formula is C14H14N4O2S2. The van der Waals surface area contributed by atoms with Crippen LogP contribution in [0.2, 0.25) is 0 Å². The normalized spacial score (nSPS) is 10.2. The molecule has 0 atom stereocenters. The zero-order chi connectivity index (χ0) is 15.8. The van der Waals surface area contributed by atoms with Crippen molar-refractivity contribution in [2.45, 2.75) is 10.1 Å². The second-order valence-electron chi connectivity index (χ2n) is 4.12. The van der Waals surface area contributed by atoms with Gasteiger partial charge in [-0.05, 0) is 18.2 Å². The summed E-state index contributed by atoms with van der Waals surface area (Å²) in [5.41, 5.74) is 5.80.